The van der Waals surface area contributed by atoms with Gasteiger partial charge in [0.2, 0.25) is 5.91 Å². The van der Waals surface area contributed by atoms with E-state index in [0.29, 0.717) is 22.6 Å². The van der Waals surface area contributed by atoms with Gasteiger partial charge < -0.3 is 10.6 Å². The fourth-order valence-corrected chi connectivity index (χ4v) is 3.65. The average molecular weight is 446 g/mol. The zero-order chi connectivity index (χ0) is 22.0. The quantitative estimate of drug-likeness (QED) is 0.584. The van der Waals surface area contributed by atoms with Gasteiger partial charge in [0.15, 0.2) is 0 Å². The highest BCUT2D eigenvalue weighted by atomic mass is 32.1. The first-order valence-corrected chi connectivity index (χ1v) is 10.3. The number of hydrogen-bond acceptors (Lipinski definition) is 5. The molecule has 0 atom stereocenters. The third-order valence-corrected chi connectivity index (χ3v) is 5.58. The predicted octanol–water partition coefficient (Wildman–Crippen LogP) is 4.50. The molecule has 0 aliphatic heterocycles. The Bertz CT molecular complexity index is 1090. The number of halogens is 3. The molecule has 1 aliphatic rings. The lowest BCUT2D eigenvalue weighted by molar-refractivity contribution is -0.137. The Morgan fingerprint density at radius 3 is 2.45 bits per heavy atom. The molecule has 6 nitrogen and oxygen atoms in total. The van der Waals surface area contributed by atoms with Crippen LogP contribution in [0.25, 0.3) is 11.4 Å². The third kappa shape index (κ3) is 4.91. The van der Waals surface area contributed by atoms with Crippen molar-refractivity contribution in [2.45, 2.75) is 25.6 Å². The van der Waals surface area contributed by atoms with Crippen molar-refractivity contribution in [2.24, 2.45) is 5.92 Å². The van der Waals surface area contributed by atoms with Crippen LogP contribution < -0.4 is 10.6 Å². The van der Waals surface area contributed by atoms with Gasteiger partial charge in [-0.25, -0.2) is 0 Å². The minimum atomic E-state index is -4.42. The molecule has 0 saturated heterocycles. The van der Waals surface area contributed by atoms with Gasteiger partial charge in [-0.2, -0.15) is 17.5 Å². The first kappa shape index (κ1) is 21.0. The number of anilines is 1. The van der Waals surface area contributed by atoms with E-state index in [9.17, 15) is 22.8 Å². The normalized spacial score (nSPS) is 13.6. The Kier molecular flexibility index (Phi) is 5.73. The summed E-state index contributed by atoms with van der Waals surface area (Å²) < 4.78 is 42.4. The van der Waals surface area contributed by atoms with Crippen LogP contribution in [0.5, 0.6) is 0 Å². The minimum absolute atomic E-state index is 0.0315. The molecule has 10 heteroatoms. The summed E-state index contributed by atoms with van der Waals surface area (Å²) in [5.74, 6) is -0.723. The summed E-state index contributed by atoms with van der Waals surface area (Å²) in [7, 11) is 0. The Morgan fingerprint density at radius 1 is 1.10 bits per heavy atom. The van der Waals surface area contributed by atoms with Crippen LogP contribution in [-0.2, 0) is 17.5 Å². The lowest BCUT2D eigenvalue weighted by Gasteiger charge is -2.10. The fourth-order valence-electron chi connectivity index (χ4n) is 2.88. The summed E-state index contributed by atoms with van der Waals surface area (Å²) in [5, 5.41) is 5.48. The highest BCUT2D eigenvalue weighted by Crippen LogP contribution is 2.36. The summed E-state index contributed by atoms with van der Waals surface area (Å²) in [4.78, 5) is 29.6. The van der Waals surface area contributed by atoms with Crippen molar-refractivity contribution in [3.05, 3.63) is 64.7 Å². The Labute approximate surface area is 179 Å². The van der Waals surface area contributed by atoms with Crippen LogP contribution in [0, 0.1) is 5.92 Å². The molecule has 0 bridgehead atoms. The average Bonchev–Trinajstić information content (AvgIpc) is 3.53. The summed E-state index contributed by atoms with van der Waals surface area (Å²) in [6.07, 6.45) is -1.22. The topological polar surface area (TPSA) is 84.0 Å². The van der Waals surface area contributed by atoms with E-state index in [0.717, 1.165) is 36.5 Å². The molecule has 0 unspecified atom stereocenters. The van der Waals surface area contributed by atoms with E-state index in [4.69, 9.17) is 0 Å². The SMILES string of the molecule is O=C(NCc1ccc(C(F)(F)F)cc1)c1snc(-c2ccccn2)c1NC(=O)C1CC1. The van der Waals surface area contributed by atoms with Crippen molar-refractivity contribution in [3.8, 4) is 11.4 Å². The fraction of sp³-hybridized carbons (Fsp3) is 0.238. The molecule has 4 rings (SSSR count). The maximum Gasteiger partial charge on any atom is 0.416 e. The van der Waals surface area contributed by atoms with Crippen molar-refractivity contribution in [2.75, 3.05) is 5.32 Å². The van der Waals surface area contributed by atoms with Crippen LogP contribution in [0.1, 0.15) is 33.6 Å². The second-order valence-electron chi connectivity index (χ2n) is 7.09. The molecule has 160 valence electrons. The number of rotatable bonds is 6. The van der Waals surface area contributed by atoms with Crippen LogP contribution in [-0.4, -0.2) is 21.2 Å². The molecule has 0 radical (unpaired) electrons. The first-order chi connectivity index (χ1) is 14.8. The van der Waals surface area contributed by atoms with Crippen LogP contribution in [0.3, 0.4) is 0 Å². The maximum atomic E-state index is 12.8. The lowest BCUT2D eigenvalue weighted by atomic mass is 10.1. The Hall–Kier alpha value is -3.27. The van der Waals surface area contributed by atoms with E-state index >= 15 is 0 Å². The number of alkyl halides is 3. The molecule has 1 fully saturated rings. The van der Waals surface area contributed by atoms with E-state index in [1.54, 1.807) is 24.4 Å². The van der Waals surface area contributed by atoms with Gasteiger partial charge in [-0.05, 0) is 54.2 Å². The van der Waals surface area contributed by atoms with Crippen molar-refractivity contribution in [1.29, 1.82) is 0 Å². The molecule has 1 aliphatic carbocycles. The molecule has 1 saturated carbocycles. The smallest absolute Gasteiger partial charge is 0.347 e. The molecule has 2 heterocycles. The zero-order valence-corrected chi connectivity index (χ0v) is 16.9. The first-order valence-electron chi connectivity index (χ1n) is 9.49. The number of carbonyl (C=O) groups is 2. The van der Waals surface area contributed by atoms with Gasteiger partial charge in [0.05, 0.1) is 16.9 Å². The number of benzene rings is 1. The summed E-state index contributed by atoms with van der Waals surface area (Å²) in [5.41, 5.74) is 0.978. The number of pyridine rings is 1. The summed E-state index contributed by atoms with van der Waals surface area (Å²) >= 11 is 0.929. The summed E-state index contributed by atoms with van der Waals surface area (Å²) in [6, 6.07) is 9.80. The number of nitrogens with one attached hydrogen (secondary N) is 2. The van der Waals surface area contributed by atoms with E-state index in [2.05, 4.69) is 20.0 Å². The number of hydrogen-bond donors (Lipinski definition) is 2. The molecule has 2 aromatic heterocycles. The Morgan fingerprint density at radius 2 is 1.84 bits per heavy atom. The van der Waals surface area contributed by atoms with Crippen LogP contribution in [0.15, 0.2) is 48.7 Å². The monoisotopic (exact) mass is 446 g/mol. The minimum Gasteiger partial charge on any atom is -0.347 e. The van der Waals surface area contributed by atoms with Crippen molar-refractivity contribution in [3.63, 3.8) is 0 Å². The van der Waals surface area contributed by atoms with E-state index < -0.39 is 17.6 Å². The summed E-state index contributed by atoms with van der Waals surface area (Å²) in [6.45, 7) is 0.0315. The zero-order valence-electron chi connectivity index (χ0n) is 16.1. The second-order valence-corrected chi connectivity index (χ2v) is 7.86. The van der Waals surface area contributed by atoms with Gasteiger partial charge >= 0.3 is 6.18 Å². The highest BCUT2D eigenvalue weighted by Gasteiger charge is 2.32. The van der Waals surface area contributed by atoms with Gasteiger partial charge in [0, 0.05) is 18.7 Å². The number of amides is 2. The van der Waals surface area contributed by atoms with Crippen LogP contribution in [0.4, 0.5) is 18.9 Å². The number of aromatic nitrogens is 2. The molecule has 2 N–H and O–H groups in total. The van der Waals surface area contributed by atoms with Crippen molar-refractivity contribution in [1.82, 2.24) is 14.7 Å². The van der Waals surface area contributed by atoms with Gasteiger partial charge in [0.25, 0.3) is 5.91 Å². The molecule has 0 spiro atoms. The van der Waals surface area contributed by atoms with Gasteiger partial charge in [0.1, 0.15) is 10.6 Å². The Balaban J connectivity index is 1.53. The van der Waals surface area contributed by atoms with E-state index in [1.165, 1.54) is 12.1 Å². The van der Waals surface area contributed by atoms with Gasteiger partial charge in [-0.3, -0.25) is 14.6 Å². The molecule has 1 aromatic carbocycles. The standard InChI is InChI=1S/C21H17F3N4O2S/c22-21(23,24)14-8-4-12(5-9-14)11-26-20(30)18-17(27-19(29)13-6-7-13)16(28-31-18)15-3-1-2-10-25-15/h1-5,8-10,13H,6-7,11H2,(H,26,30)(H,27,29). The maximum absolute atomic E-state index is 12.8. The molecular formula is C21H17F3N4O2S. The highest BCUT2D eigenvalue weighted by molar-refractivity contribution is 7.09. The predicted molar refractivity (Wildman–Crippen MR) is 109 cm³/mol. The van der Waals surface area contributed by atoms with Gasteiger partial charge in [-0.1, -0.05) is 18.2 Å². The second kappa shape index (κ2) is 8.46. The number of nitrogens with zero attached hydrogens (tertiary/aromatic N) is 2. The molecule has 3 aromatic rings. The third-order valence-electron chi connectivity index (χ3n) is 4.74. The molecule has 31 heavy (non-hydrogen) atoms. The van der Waals surface area contributed by atoms with Crippen LogP contribution >= 0.6 is 11.5 Å². The lowest BCUT2D eigenvalue weighted by Crippen LogP contribution is -2.24. The molecule has 2 amide bonds. The largest absolute Gasteiger partial charge is 0.416 e. The van der Waals surface area contributed by atoms with Gasteiger partial charge in [-0.15, -0.1) is 0 Å². The van der Waals surface area contributed by atoms with Crippen molar-refractivity contribution >= 4 is 29.0 Å². The number of carbonyl (C=O) groups excluding carboxylic acids is 2. The van der Waals surface area contributed by atoms with Crippen molar-refractivity contribution < 1.29 is 22.8 Å². The van der Waals surface area contributed by atoms with E-state index in [1.807, 2.05) is 0 Å². The van der Waals surface area contributed by atoms with Crippen LogP contribution in [0.2, 0.25) is 0 Å². The van der Waals surface area contributed by atoms with E-state index in [-0.39, 0.29) is 23.2 Å². The molecular weight excluding hydrogens is 429 g/mol.